The number of anilines is 1. The average Bonchev–Trinajstić information content (AvgIpc) is 2.48. The van der Waals surface area contributed by atoms with Crippen molar-refractivity contribution in [2.45, 2.75) is 6.42 Å². The van der Waals surface area contributed by atoms with Crippen LogP contribution in [0.25, 0.3) is 0 Å². The van der Waals surface area contributed by atoms with Crippen LogP contribution in [0.3, 0.4) is 0 Å². The Labute approximate surface area is 125 Å². The third kappa shape index (κ3) is 3.68. The van der Waals surface area contributed by atoms with Gasteiger partial charge < -0.3 is 10.1 Å². The van der Waals surface area contributed by atoms with Crippen LogP contribution >= 0.6 is 15.9 Å². The highest BCUT2D eigenvalue weighted by molar-refractivity contribution is 9.10. The Morgan fingerprint density at radius 2 is 2.20 bits per heavy atom. The lowest BCUT2D eigenvalue weighted by atomic mass is 10.1. The van der Waals surface area contributed by atoms with E-state index in [1.807, 2.05) is 24.3 Å². The molecule has 0 fully saturated rings. The van der Waals surface area contributed by atoms with E-state index in [1.165, 1.54) is 11.9 Å². The molecule has 0 amide bonds. The topological polar surface area (TPSA) is 70.8 Å². The SMILES string of the molecule is COc1ccc(CCNc2cc(C#N)ncn2)cc1Br. The molecule has 0 unspecified atom stereocenters. The van der Waals surface area contributed by atoms with Gasteiger partial charge in [0, 0.05) is 12.6 Å². The molecule has 1 N–H and O–H groups in total. The van der Waals surface area contributed by atoms with Gasteiger partial charge in [0.25, 0.3) is 0 Å². The van der Waals surface area contributed by atoms with E-state index in [-0.39, 0.29) is 0 Å². The third-order valence-corrected chi connectivity index (χ3v) is 3.34. The zero-order valence-corrected chi connectivity index (χ0v) is 12.5. The van der Waals surface area contributed by atoms with Crippen LogP contribution in [0.15, 0.2) is 35.1 Å². The molecular formula is C14H13BrN4O. The molecule has 0 saturated carbocycles. The van der Waals surface area contributed by atoms with Gasteiger partial charge >= 0.3 is 0 Å². The van der Waals surface area contributed by atoms with Gasteiger partial charge in [-0.3, -0.25) is 0 Å². The molecule has 0 radical (unpaired) electrons. The molecule has 20 heavy (non-hydrogen) atoms. The number of halogens is 1. The molecule has 1 aromatic heterocycles. The summed E-state index contributed by atoms with van der Waals surface area (Å²) < 4.78 is 6.13. The van der Waals surface area contributed by atoms with Crippen LogP contribution in [0.2, 0.25) is 0 Å². The Morgan fingerprint density at radius 1 is 1.35 bits per heavy atom. The fraction of sp³-hybridized carbons (Fsp3) is 0.214. The summed E-state index contributed by atoms with van der Waals surface area (Å²) in [6.45, 7) is 0.723. The van der Waals surface area contributed by atoms with Crippen LogP contribution in [0.1, 0.15) is 11.3 Å². The molecular weight excluding hydrogens is 320 g/mol. The van der Waals surface area contributed by atoms with Crippen molar-refractivity contribution in [3.05, 3.63) is 46.3 Å². The summed E-state index contributed by atoms with van der Waals surface area (Å²) in [7, 11) is 1.64. The van der Waals surface area contributed by atoms with E-state index in [1.54, 1.807) is 13.2 Å². The summed E-state index contributed by atoms with van der Waals surface area (Å²) in [6, 6.07) is 9.59. The van der Waals surface area contributed by atoms with Gasteiger partial charge in [0.05, 0.1) is 11.6 Å². The minimum absolute atomic E-state index is 0.356. The second-order valence-electron chi connectivity index (χ2n) is 4.05. The fourth-order valence-electron chi connectivity index (χ4n) is 1.72. The van der Waals surface area contributed by atoms with E-state index < -0.39 is 0 Å². The van der Waals surface area contributed by atoms with E-state index in [0.29, 0.717) is 11.5 Å². The molecule has 2 aromatic rings. The Hall–Kier alpha value is -2.13. The van der Waals surface area contributed by atoms with Gasteiger partial charge in [0.15, 0.2) is 0 Å². The second-order valence-corrected chi connectivity index (χ2v) is 4.90. The Balaban J connectivity index is 1.92. The molecule has 0 bridgehead atoms. The quantitative estimate of drug-likeness (QED) is 0.911. The van der Waals surface area contributed by atoms with Gasteiger partial charge in [0.2, 0.25) is 0 Å². The number of hydrogen-bond donors (Lipinski definition) is 1. The molecule has 0 saturated heterocycles. The van der Waals surface area contributed by atoms with Gasteiger partial charge in [0.1, 0.15) is 29.7 Å². The van der Waals surface area contributed by atoms with Crippen molar-refractivity contribution in [1.82, 2.24) is 9.97 Å². The van der Waals surface area contributed by atoms with Crippen molar-refractivity contribution in [1.29, 1.82) is 5.26 Å². The minimum Gasteiger partial charge on any atom is -0.496 e. The zero-order valence-electron chi connectivity index (χ0n) is 10.9. The molecule has 0 spiro atoms. The Bertz CT molecular complexity index is 639. The van der Waals surface area contributed by atoms with Crippen LogP contribution in [0, 0.1) is 11.3 Å². The zero-order chi connectivity index (χ0) is 14.4. The summed E-state index contributed by atoms with van der Waals surface area (Å²) in [6.07, 6.45) is 2.22. The van der Waals surface area contributed by atoms with Crippen molar-refractivity contribution in [3.8, 4) is 11.8 Å². The molecule has 1 heterocycles. The van der Waals surface area contributed by atoms with E-state index >= 15 is 0 Å². The molecule has 5 nitrogen and oxygen atoms in total. The van der Waals surface area contributed by atoms with Gasteiger partial charge in [-0.15, -0.1) is 0 Å². The maximum Gasteiger partial charge on any atom is 0.145 e. The van der Waals surface area contributed by atoms with Crippen LogP contribution in [0.4, 0.5) is 5.82 Å². The Morgan fingerprint density at radius 3 is 2.90 bits per heavy atom. The molecule has 0 atom stereocenters. The van der Waals surface area contributed by atoms with Crippen molar-refractivity contribution in [2.24, 2.45) is 0 Å². The largest absolute Gasteiger partial charge is 0.496 e. The maximum absolute atomic E-state index is 8.76. The van der Waals surface area contributed by atoms with Crippen molar-refractivity contribution in [3.63, 3.8) is 0 Å². The number of hydrogen-bond acceptors (Lipinski definition) is 5. The number of nitrogens with one attached hydrogen (secondary N) is 1. The van der Waals surface area contributed by atoms with Crippen LogP contribution in [-0.2, 0) is 6.42 Å². The molecule has 2 rings (SSSR count). The molecule has 1 aromatic carbocycles. The molecule has 0 aliphatic rings. The van der Waals surface area contributed by atoms with E-state index in [0.717, 1.165) is 23.2 Å². The number of nitrogens with zero attached hydrogens (tertiary/aromatic N) is 3. The highest BCUT2D eigenvalue weighted by atomic mass is 79.9. The van der Waals surface area contributed by atoms with Crippen molar-refractivity contribution >= 4 is 21.7 Å². The minimum atomic E-state index is 0.356. The summed E-state index contributed by atoms with van der Waals surface area (Å²) >= 11 is 3.46. The highest BCUT2D eigenvalue weighted by Crippen LogP contribution is 2.25. The number of nitriles is 1. The average molecular weight is 333 g/mol. The third-order valence-electron chi connectivity index (χ3n) is 2.72. The standard InChI is InChI=1S/C14H13BrN4O/c1-20-13-3-2-10(6-12(13)15)4-5-17-14-7-11(8-16)18-9-19-14/h2-3,6-7,9H,4-5H2,1H3,(H,17,18,19). The lowest BCUT2D eigenvalue weighted by Gasteiger charge is -2.08. The van der Waals surface area contributed by atoms with Crippen molar-refractivity contribution in [2.75, 3.05) is 19.0 Å². The highest BCUT2D eigenvalue weighted by Gasteiger charge is 2.02. The fourth-order valence-corrected chi connectivity index (χ4v) is 2.30. The van der Waals surface area contributed by atoms with Crippen LogP contribution < -0.4 is 10.1 Å². The van der Waals surface area contributed by atoms with Gasteiger partial charge in [-0.25, -0.2) is 9.97 Å². The number of ether oxygens (including phenoxy) is 1. The second kappa shape index (κ2) is 6.87. The predicted molar refractivity (Wildman–Crippen MR) is 79.6 cm³/mol. The van der Waals surface area contributed by atoms with Crippen molar-refractivity contribution < 1.29 is 4.74 Å². The summed E-state index contributed by atoms with van der Waals surface area (Å²) in [5.41, 5.74) is 1.54. The first kappa shape index (κ1) is 14.3. The van der Waals surface area contributed by atoms with Crippen LogP contribution in [0.5, 0.6) is 5.75 Å². The Kier molecular flexibility index (Phi) is 4.91. The first-order chi connectivity index (χ1) is 9.72. The van der Waals surface area contributed by atoms with E-state index in [4.69, 9.17) is 10.00 Å². The first-order valence-corrected chi connectivity index (χ1v) is 6.80. The molecule has 0 aliphatic heterocycles. The smallest absolute Gasteiger partial charge is 0.145 e. The number of methoxy groups -OCH3 is 1. The summed E-state index contributed by atoms with van der Waals surface area (Å²) in [5.74, 6) is 1.47. The molecule has 102 valence electrons. The number of rotatable bonds is 5. The van der Waals surface area contributed by atoms with E-state index in [2.05, 4.69) is 31.2 Å². The monoisotopic (exact) mass is 332 g/mol. The lowest BCUT2D eigenvalue weighted by Crippen LogP contribution is -2.07. The lowest BCUT2D eigenvalue weighted by molar-refractivity contribution is 0.412. The number of benzene rings is 1. The molecule has 6 heteroatoms. The maximum atomic E-state index is 8.76. The van der Waals surface area contributed by atoms with Crippen LogP contribution in [-0.4, -0.2) is 23.6 Å². The molecule has 0 aliphatic carbocycles. The number of aromatic nitrogens is 2. The van der Waals surface area contributed by atoms with E-state index in [9.17, 15) is 0 Å². The van der Waals surface area contributed by atoms with Gasteiger partial charge in [-0.2, -0.15) is 5.26 Å². The van der Waals surface area contributed by atoms with Gasteiger partial charge in [-0.05, 0) is 40.0 Å². The normalized spacial score (nSPS) is 9.85. The first-order valence-electron chi connectivity index (χ1n) is 6.01. The van der Waals surface area contributed by atoms with Gasteiger partial charge in [-0.1, -0.05) is 6.07 Å². The summed E-state index contributed by atoms with van der Waals surface area (Å²) in [4.78, 5) is 7.88. The predicted octanol–water partition coefficient (Wildman–Crippen LogP) is 2.77. The summed E-state index contributed by atoms with van der Waals surface area (Å²) in [5, 5.41) is 11.9.